The van der Waals surface area contributed by atoms with Gasteiger partial charge in [0.15, 0.2) is 5.82 Å². The van der Waals surface area contributed by atoms with E-state index in [2.05, 4.69) is 20.6 Å². The van der Waals surface area contributed by atoms with Crippen LogP contribution >= 0.6 is 0 Å². The van der Waals surface area contributed by atoms with Crippen molar-refractivity contribution in [3.05, 3.63) is 41.5 Å². The summed E-state index contributed by atoms with van der Waals surface area (Å²) in [6, 6.07) is 5.45. The first-order valence-electron chi connectivity index (χ1n) is 4.02. The Morgan fingerprint density at radius 3 is 2.93 bits per heavy atom. The number of hydrogen-bond donors (Lipinski definition) is 2. The van der Waals surface area contributed by atoms with E-state index in [0.717, 1.165) is 0 Å². The number of aromatic nitrogens is 4. The van der Waals surface area contributed by atoms with Crippen molar-refractivity contribution in [2.45, 2.75) is 6.04 Å². The van der Waals surface area contributed by atoms with Crippen molar-refractivity contribution in [3.8, 4) is 0 Å². The molecule has 0 spiro atoms. The van der Waals surface area contributed by atoms with Gasteiger partial charge in [-0.2, -0.15) is 5.21 Å². The molecule has 0 fully saturated rings. The molecule has 0 saturated carbocycles. The standard InChI is InChI=1S/C8H8FN5/c9-6-3-1-2-5(4-6)7(10)8-11-13-14-12-8/h1-4,7H,10H2,(H,11,12,13,14). The SMILES string of the molecule is NC(c1cccc(F)c1)c1nn[nH]n1. The third-order valence-electron chi connectivity index (χ3n) is 1.85. The third-order valence-corrected chi connectivity index (χ3v) is 1.85. The topological polar surface area (TPSA) is 80.5 Å². The number of benzene rings is 1. The second-order valence-corrected chi connectivity index (χ2v) is 2.80. The number of nitrogens with zero attached hydrogens (tertiary/aromatic N) is 3. The van der Waals surface area contributed by atoms with Crippen LogP contribution in [-0.2, 0) is 0 Å². The number of H-pyrrole nitrogens is 1. The lowest BCUT2D eigenvalue weighted by atomic mass is 10.1. The van der Waals surface area contributed by atoms with Crippen molar-refractivity contribution in [2.75, 3.05) is 0 Å². The van der Waals surface area contributed by atoms with Crippen LogP contribution in [0.4, 0.5) is 4.39 Å². The summed E-state index contributed by atoms with van der Waals surface area (Å²) in [4.78, 5) is 0. The second-order valence-electron chi connectivity index (χ2n) is 2.80. The van der Waals surface area contributed by atoms with Crippen molar-refractivity contribution in [2.24, 2.45) is 5.73 Å². The summed E-state index contributed by atoms with van der Waals surface area (Å²) in [5.41, 5.74) is 6.40. The highest BCUT2D eigenvalue weighted by molar-refractivity contribution is 5.24. The maximum atomic E-state index is 12.8. The smallest absolute Gasteiger partial charge is 0.195 e. The van der Waals surface area contributed by atoms with E-state index in [4.69, 9.17) is 5.73 Å². The zero-order chi connectivity index (χ0) is 9.97. The maximum absolute atomic E-state index is 12.8. The maximum Gasteiger partial charge on any atom is 0.195 e. The molecule has 5 nitrogen and oxygen atoms in total. The molecule has 0 aliphatic rings. The minimum atomic E-state index is -0.551. The van der Waals surface area contributed by atoms with E-state index < -0.39 is 6.04 Å². The van der Waals surface area contributed by atoms with Gasteiger partial charge in [-0.15, -0.1) is 10.2 Å². The van der Waals surface area contributed by atoms with Gasteiger partial charge in [0.1, 0.15) is 5.82 Å². The molecular formula is C8H8FN5. The van der Waals surface area contributed by atoms with E-state index in [1.54, 1.807) is 12.1 Å². The highest BCUT2D eigenvalue weighted by Crippen LogP contribution is 2.15. The van der Waals surface area contributed by atoms with E-state index in [9.17, 15) is 4.39 Å². The van der Waals surface area contributed by atoms with E-state index in [-0.39, 0.29) is 5.82 Å². The summed E-state index contributed by atoms with van der Waals surface area (Å²) < 4.78 is 12.8. The Bertz CT molecular complexity index is 413. The molecule has 1 unspecified atom stereocenters. The van der Waals surface area contributed by atoms with Crippen LogP contribution in [0.15, 0.2) is 24.3 Å². The summed E-state index contributed by atoms with van der Waals surface area (Å²) in [6.07, 6.45) is 0. The van der Waals surface area contributed by atoms with Crippen molar-refractivity contribution in [3.63, 3.8) is 0 Å². The summed E-state index contributed by atoms with van der Waals surface area (Å²) >= 11 is 0. The van der Waals surface area contributed by atoms with Gasteiger partial charge in [0.05, 0.1) is 6.04 Å². The quantitative estimate of drug-likeness (QED) is 0.722. The molecule has 72 valence electrons. The molecule has 1 heterocycles. The normalized spacial score (nSPS) is 12.7. The fourth-order valence-electron chi connectivity index (χ4n) is 1.15. The molecule has 0 radical (unpaired) electrons. The Labute approximate surface area is 79.1 Å². The molecule has 1 aromatic heterocycles. The minimum Gasteiger partial charge on any atom is -0.318 e. The lowest BCUT2D eigenvalue weighted by Crippen LogP contribution is -2.13. The van der Waals surface area contributed by atoms with E-state index in [0.29, 0.717) is 11.4 Å². The van der Waals surface area contributed by atoms with Crippen LogP contribution in [-0.4, -0.2) is 20.6 Å². The van der Waals surface area contributed by atoms with Crippen LogP contribution in [0.5, 0.6) is 0 Å². The van der Waals surface area contributed by atoms with E-state index in [1.807, 2.05) is 0 Å². The predicted octanol–water partition coefficient (Wildman–Crippen LogP) is 0.387. The molecule has 0 saturated heterocycles. The first-order chi connectivity index (χ1) is 6.77. The summed E-state index contributed by atoms with van der Waals surface area (Å²) in [5.74, 6) is 0.0112. The van der Waals surface area contributed by atoms with Gasteiger partial charge in [0.2, 0.25) is 0 Å². The number of aromatic amines is 1. The van der Waals surface area contributed by atoms with Gasteiger partial charge < -0.3 is 5.73 Å². The first-order valence-corrected chi connectivity index (χ1v) is 4.02. The summed E-state index contributed by atoms with van der Waals surface area (Å²) in [6.45, 7) is 0. The monoisotopic (exact) mass is 193 g/mol. The van der Waals surface area contributed by atoms with Gasteiger partial charge in [0, 0.05) is 0 Å². The molecule has 2 rings (SSSR count). The number of tetrazole rings is 1. The largest absolute Gasteiger partial charge is 0.318 e. The highest BCUT2D eigenvalue weighted by atomic mass is 19.1. The van der Waals surface area contributed by atoms with Crippen molar-refractivity contribution in [1.82, 2.24) is 20.6 Å². The molecule has 1 atom stereocenters. The molecule has 0 amide bonds. The van der Waals surface area contributed by atoms with Crippen LogP contribution in [0.1, 0.15) is 17.4 Å². The van der Waals surface area contributed by atoms with Crippen LogP contribution in [0.3, 0.4) is 0 Å². The van der Waals surface area contributed by atoms with Crippen molar-refractivity contribution >= 4 is 0 Å². The first kappa shape index (κ1) is 8.76. The Morgan fingerprint density at radius 2 is 2.29 bits per heavy atom. The zero-order valence-electron chi connectivity index (χ0n) is 7.18. The van der Waals surface area contributed by atoms with Crippen LogP contribution < -0.4 is 5.73 Å². The number of hydrogen-bond acceptors (Lipinski definition) is 4. The van der Waals surface area contributed by atoms with Gasteiger partial charge in [-0.1, -0.05) is 17.3 Å². The average Bonchev–Trinajstić information content (AvgIpc) is 2.69. The summed E-state index contributed by atoms with van der Waals surface area (Å²) in [7, 11) is 0. The molecule has 14 heavy (non-hydrogen) atoms. The van der Waals surface area contributed by atoms with Gasteiger partial charge in [0.25, 0.3) is 0 Å². The Hall–Kier alpha value is -1.82. The number of rotatable bonds is 2. The zero-order valence-corrected chi connectivity index (χ0v) is 7.18. The molecular weight excluding hydrogens is 185 g/mol. The lowest BCUT2D eigenvalue weighted by Gasteiger charge is -2.06. The van der Waals surface area contributed by atoms with Crippen molar-refractivity contribution < 1.29 is 4.39 Å². The van der Waals surface area contributed by atoms with Gasteiger partial charge in [-0.25, -0.2) is 4.39 Å². The molecule has 0 bridgehead atoms. The highest BCUT2D eigenvalue weighted by Gasteiger charge is 2.13. The van der Waals surface area contributed by atoms with Crippen LogP contribution in [0.2, 0.25) is 0 Å². The lowest BCUT2D eigenvalue weighted by molar-refractivity contribution is 0.622. The molecule has 0 aliphatic heterocycles. The molecule has 0 aliphatic carbocycles. The fourth-order valence-corrected chi connectivity index (χ4v) is 1.15. The predicted molar refractivity (Wildman–Crippen MR) is 46.6 cm³/mol. The second kappa shape index (κ2) is 3.51. The third kappa shape index (κ3) is 1.60. The Balaban J connectivity index is 2.32. The van der Waals surface area contributed by atoms with Crippen molar-refractivity contribution in [1.29, 1.82) is 0 Å². The number of nitrogens with two attached hydrogens (primary N) is 1. The minimum absolute atomic E-state index is 0.332. The summed E-state index contributed by atoms with van der Waals surface area (Å²) in [5, 5.41) is 13.1. The Kier molecular flexibility index (Phi) is 2.19. The molecule has 1 aromatic carbocycles. The number of halogens is 1. The molecule has 6 heteroatoms. The van der Waals surface area contributed by atoms with Gasteiger partial charge in [-0.3, -0.25) is 0 Å². The van der Waals surface area contributed by atoms with E-state index in [1.165, 1.54) is 12.1 Å². The van der Waals surface area contributed by atoms with Crippen LogP contribution in [0.25, 0.3) is 0 Å². The average molecular weight is 193 g/mol. The molecule has 2 aromatic rings. The van der Waals surface area contributed by atoms with E-state index >= 15 is 0 Å². The number of nitrogens with one attached hydrogen (secondary N) is 1. The molecule has 3 N–H and O–H groups in total. The fraction of sp³-hybridized carbons (Fsp3) is 0.125. The van der Waals surface area contributed by atoms with Gasteiger partial charge >= 0.3 is 0 Å². The van der Waals surface area contributed by atoms with Gasteiger partial charge in [-0.05, 0) is 17.7 Å². The Morgan fingerprint density at radius 1 is 1.43 bits per heavy atom. The van der Waals surface area contributed by atoms with Crippen LogP contribution in [0, 0.1) is 5.82 Å².